The standard InChI is InChI=1S/C25H30N8/c1-2-21(14-27-8-1)31-20-4-3-18-7-11-32(24(18)12-20)23-15-28-25(29-16-23)19-13-30-33(17-19)22-5-9-26-10-6-22/h3-4,7,11-13,15-17,21-22,26-27,31H,1-2,5-6,8-10,14H2. The van der Waals surface area contributed by atoms with Gasteiger partial charge in [0.05, 0.1) is 41.4 Å². The summed E-state index contributed by atoms with van der Waals surface area (Å²) in [6.07, 6.45) is 14.5. The molecular formula is C25H30N8. The zero-order valence-corrected chi connectivity index (χ0v) is 18.7. The molecule has 5 heterocycles. The van der Waals surface area contributed by atoms with E-state index in [-0.39, 0.29) is 0 Å². The van der Waals surface area contributed by atoms with E-state index in [2.05, 4.69) is 76.9 Å². The highest BCUT2D eigenvalue weighted by Crippen LogP contribution is 2.26. The molecule has 2 saturated heterocycles. The molecule has 0 aliphatic carbocycles. The Bertz CT molecular complexity index is 1210. The number of piperidine rings is 2. The van der Waals surface area contributed by atoms with Crippen LogP contribution in [0.15, 0.2) is 55.2 Å². The summed E-state index contributed by atoms with van der Waals surface area (Å²) in [5, 5.41) is 16.3. The molecule has 0 saturated carbocycles. The first kappa shape index (κ1) is 20.4. The van der Waals surface area contributed by atoms with Crippen LogP contribution in [0.1, 0.15) is 31.7 Å². The van der Waals surface area contributed by atoms with Crippen molar-refractivity contribution < 1.29 is 0 Å². The molecule has 4 aromatic rings. The van der Waals surface area contributed by atoms with Gasteiger partial charge in [0, 0.05) is 36.1 Å². The lowest BCUT2D eigenvalue weighted by atomic mass is 10.1. The smallest absolute Gasteiger partial charge is 0.162 e. The van der Waals surface area contributed by atoms with E-state index in [4.69, 9.17) is 0 Å². The van der Waals surface area contributed by atoms with Crippen molar-refractivity contribution in [3.63, 3.8) is 0 Å². The molecule has 2 fully saturated rings. The molecular weight excluding hydrogens is 412 g/mol. The Morgan fingerprint density at radius 1 is 0.939 bits per heavy atom. The zero-order valence-electron chi connectivity index (χ0n) is 18.7. The van der Waals surface area contributed by atoms with E-state index in [0.29, 0.717) is 17.9 Å². The molecule has 33 heavy (non-hydrogen) atoms. The summed E-state index contributed by atoms with van der Waals surface area (Å²) in [6.45, 7) is 4.23. The zero-order chi connectivity index (χ0) is 22.0. The van der Waals surface area contributed by atoms with Gasteiger partial charge in [-0.2, -0.15) is 5.10 Å². The molecule has 2 aliphatic heterocycles. The molecule has 8 heteroatoms. The maximum absolute atomic E-state index is 4.66. The van der Waals surface area contributed by atoms with Gasteiger partial charge in [0.15, 0.2) is 5.82 Å². The minimum atomic E-state index is 0.456. The Balaban J connectivity index is 1.23. The van der Waals surface area contributed by atoms with Crippen LogP contribution < -0.4 is 16.0 Å². The summed E-state index contributed by atoms with van der Waals surface area (Å²) >= 11 is 0. The molecule has 170 valence electrons. The summed E-state index contributed by atoms with van der Waals surface area (Å²) in [6, 6.07) is 9.64. The molecule has 0 amide bonds. The Kier molecular flexibility index (Phi) is 5.53. The van der Waals surface area contributed by atoms with Crippen molar-refractivity contribution >= 4 is 16.6 Å². The monoisotopic (exact) mass is 442 g/mol. The van der Waals surface area contributed by atoms with E-state index in [9.17, 15) is 0 Å². The Morgan fingerprint density at radius 2 is 1.82 bits per heavy atom. The fourth-order valence-electron chi connectivity index (χ4n) is 4.97. The third-order valence-electron chi connectivity index (χ3n) is 6.82. The van der Waals surface area contributed by atoms with Crippen molar-refractivity contribution in [2.24, 2.45) is 0 Å². The molecule has 8 nitrogen and oxygen atoms in total. The van der Waals surface area contributed by atoms with Gasteiger partial charge in [-0.05, 0) is 63.5 Å². The average molecular weight is 443 g/mol. The Labute approximate surface area is 193 Å². The first-order valence-electron chi connectivity index (χ1n) is 12.0. The first-order chi connectivity index (χ1) is 16.3. The van der Waals surface area contributed by atoms with Crippen molar-refractivity contribution in [2.75, 3.05) is 31.5 Å². The van der Waals surface area contributed by atoms with Crippen LogP contribution in [0, 0.1) is 0 Å². The Hall–Kier alpha value is -3.23. The number of fused-ring (bicyclic) bond motifs is 1. The van der Waals surface area contributed by atoms with E-state index < -0.39 is 0 Å². The molecule has 1 atom stereocenters. The average Bonchev–Trinajstić information content (AvgIpc) is 3.53. The third kappa shape index (κ3) is 4.24. The molecule has 3 N–H and O–H groups in total. The van der Waals surface area contributed by atoms with Crippen molar-refractivity contribution in [3.05, 3.63) is 55.2 Å². The summed E-state index contributed by atoms with van der Waals surface area (Å²) in [5.41, 5.74) is 4.22. The lowest BCUT2D eigenvalue weighted by Crippen LogP contribution is -2.38. The largest absolute Gasteiger partial charge is 0.381 e. The van der Waals surface area contributed by atoms with E-state index in [0.717, 1.165) is 61.5 Å². The quantitative estimate of drug-likeness (QED) is 0.440. The third-order valence-corrected chi connectivity index (χ3v) is 6.82. The van der Waals surface area contributed by atoms with Gasteiger partial charge in [0.2, 0.25) is 0 Å². The topological polar surface area (TPSA) is 84.6 Å². The van der Waals surface area contributed by atoms with Crippen LogP contribution in [0.3, 0.4) is 0 Å². The molecule has 6 rings (SSSR count). The number of hydrogen-bond donors (Lipinski definition) is 3. The highest BCUT2D eigenvalue weighted by Gasteiger charge is 2.17. The SMILES string of the molecule is c1cc2ccn(-c3cnc(-c4cnn(C5CCNCC5)c4)nc3)c2cc1NC1CCCNC1. The maximum atomic E-state index is 4.66. The van der Waals surface area contributed by atoms with Crippen LogP contribution in [0.4, 0.5) is 5.69 Å². The van der Waals surface area contributed by atoms with Gasteiger partial charge in [0.25, 0.3) is 0 Å². The van der Waals surface area contributed by atoms with Crippen LogP contribution in [-0.2, 0) is 0 Å². The van der Waals surface area contributed by atoms with E-state index in [1.165, 1.54) is 18.2 Å². The molecule has 1 aromatic carbocycles. The second kappa shape index (κ2) is 8.96. The number of rotatable bonds is 5. The van der Waals surface area contributed by atoms with Gasteiger partial charge in [-0.3, -0.25) is 4.68 Å². The molecule has 0 spiro atoms. The predicted molar refractivity (Wildman–Crippen MR) is 131 cm³/mol. The number of anilines is 1. The van der Waals surface area contributed by atoms with Gasteiger partial charge in [-0.15, -0.1) is 0 Å². The molecule has 0 radical (unpaired) electrons. The summed E-state index contributed by atoms with van der Waals surface area (Å²) in [5.74, 6) is 0.711. The fraction of sp³-hybridized carbons (Fsp3) is 0.400. The van der Waals surface area contributed by atoms with E-state index in [1.807, 2.05) is 18.6 Å². The summed E-state index contributed by atoms with van der Waals surface area (Å²) in [4.78, 5) is 9.33. The minimum absolute atomic E-state index is 0.456. The van der Waals surface area contributed by atoms with E-state index >= 15 is 0 Å². The predicted octanol–water partition coefficient (Wildman–Crippen LogP) is 3.37. The Morgan fingerprint density at radius 3 is 2.64 bits per heavy atom. The van der Waals surface area contributed by atoms with Gasteiger partial charge >= 0.3 is 0 Å². The van der Waals surface area contributed by atoms with Gasteiger partial charge in [-0.1, -0.05) is 6.07 Å². The van der Waals surface area contributed by atoms with Crippen LogP contribution in [0.25, 0.3) is 28.0 Å². The highest BCUT2D eigenvalue weighted by molar-refractivity contribution is 5.85. The van der Waals surface area contributed by atoms with Crippen LogP contribution in [0.2, 0.25) is 0 Å². The number of nitrogens with zero attached hydrogens (tertiary/aromatic N) is 5. The number of nitrogens with one attached hydrogen (secondary N) is 3. The van der Waals surface area contributed by atoms with Gasteiger partial charge in [-0.25, -0.2) is 9.97 Å². The second-order valence-corrected chi connectivity index (χ2v) is 9.10. The minimum Gasteiger partial charge on any atom is -0.381 e. The van der Waals surface area contributed by atoms with Crippen molar-refractivity contribution in [2.45, 2.75) is 37.8 Å². The molecule has 3 aromatic heterocycles. The first-order valence-corrected chi connectivity index (χ1v) is 12.0. The molecule has 1 unspecified atom stereocenters. The molecule has 0 bridgehead atoms. The number of benzene rings is 1. The maximum Gasteiger partial charge on any atom is 0.162 e. The van der Waals surface area contributed by atoms with Crippen molar-refractivity contribution in [1.82, 2.24) is 34.9 Å². The normalized spacial score (nSPS) is 19.7. The summed E-state index contributed by atoms with van der Waals surface area (Å²) in [7, 11) is 0. The van der Waals surface area contributed by atoms with Crippen molar-refractivity contribution in [3.8, 4) is 17.1 Å². The van der Waals surface area contributed by atoms with Gasteiger partial charge in [0.1, 0.15) is 0 Å². The van der Waals surface area contributed by atoms with E-state index in [1.54, 1.807) is 0 Å². The fourth-order valence-corrected chi connectivity index (χ4v) is 4.97. The molecule has 2 aliphatic rings. The number of aromatic nitrogens is 5. The second-order valence-electron chi connectivity index (χ2n) is 9.10. The van der Waals surface area contributed by atoms with Gasteiger partial charge < -0.3 is 20.5 Å². The summed E-state index contributed by atoms with van der Waals surface area (Å²) < 4.78 is 4.23. The van der Waals surface area contributed by atoms with Crippen LogP contribution in [0.5, 0.6) is 0 Å². The van der Waals surface area contributed by atoms with Crippen LogP contribution in [-0.4, -0.2) is 56.5 Å². The van der Waals surface area contributed by atoms with Crippen LogP contribution >= 0.6 is 0 Å². The highest BCUT2D eigenvalue weighted by atomic mass is 15.3. The lowest BCUT2D eigenvalue weighted by Gasteiger charge is -2.24. The van der Waals surface area contributed by atoms with Crippen molar-refractivity contribution in [1.29, 1.82) is 0 Å². The lowest BCUT2D eigenvalue weighted by molar-refractivity contribution is 0.343. The number of hydrogen-bond acceptors (Lipinski definition) is 6.